The Morgan fingerprint density at radius 2 is 1.68 bits per heavy atom. The number of aromatic nitrogens is 3. The van der Waals surface area contributed by atoms with Crippen molar-refractivity contribution in [2.45, 2.75) is 13.1 Å². The van der Waals surface area contributed by atoms with Crippen LogP contribution in [0.25, 0.3) is 27.8 Å². The van der Waals surface area contributed by atoms with E-state index in [1.807, 2.05) is 83.4 Å². The molecule has 3 aromatic carbocycles. The number of nitrogens with zero attached hydrogens (tertiary/aromatic N) is 3. The lowest BCUT2D eigenvalue weighted by atomic mass is 10.2. The van der Waals surface area contributed by atoms with Gasteiger partial charge in [-0.3, -0.25) is 4.57 Å². The van der Waals surface area contributed by atoms with Crippen LogP contribution in [0.5, 0.6) is 5.75 Å². The van der Waals surface area contributed by atoms with E-state index in [9.17, 15) is 8.42 Å². The van der Waals surface area contributed by atoms with Gasteiger partial charge in [-0.15, -0.1) is 0 Å². The van der Waals surface area contributed by atoms with Gasteiger partial charge in [-0.1, -0.05) is 54.6 Å². The Morgan fingerprint density at radius 3 is 2.47 bits per heavy atom. The van der Waals surface area contributed by atoms with Crippen molar-refractivity contribution < 1.29 is 17.9 Å². The van der Waals surface area contributed by atoms with Crippen LogP contribution in [0.3, 0.4) is 0 Å². The minimum atomic E-state index is -3.41. The van der Waals surface area contributed by atoms with E-state index in [0.29, 0.717) is 48.5 Å². The summed E-state index contributed by atoms with van der Waals surface area (Å²) < 4.78 is 39.4. The van der Waals surface area contributed by atoms with Crippen LogP contribution in [-0.4, -0.2) is 49.5 Å². The molecule has 0 saturated heterocycles. The number of nitrogens with one attached hydrogen (secondary N) is 2. The number of benzene rings is 3. The summed E-state index contributed by atoms with van der Waals surface area (Å²) in [5.74, 6) is 1.66. The van der Waals surface area contributed by atoms with Crippen LogP contribution in [-0.2, 0) is 27.8 Å². The molecule has 9 nitrogen and oxygen atoms in total. The lowest BCUT2D eigenvalue weighted by Gasteiger charge is -2.16. The number of rotatable bonds is 11. The molecular formula is C28H29N5O4S. The van der Waals surface area contributed by atoms with Crippen LogP contribution in [0, 0.1) is 0 Å². The highest BCUT2D eigenvalue weighted by molar-refractivity contribution is 7.88. The van der Waals surface area contributed by atoms with Crippen molar-refractivity contribution in [2.24, 2.45) is 0 Å². The molecule has 0 fully saturated rings. The fraction of sp³-hybridized carbons (Fsp3) is 0.214. The Morgan fingerprint density at radius 1 is 0.895 bits per heavy atom. The largest absolute Gasteiger partial charge is 0.489 e. The van der Waals surface area contributed by atoms with Crippen molar-refractivity contribution in [3.8, 4) is 11.7 Å². The summed E-state index contributed by atoms with van der Waals surface area (Å²) in [5.41, 5.74) is 3.33. The maximum Gasteiger partial charge on any atom is 0.237 e. The minimum Gasteiger partial charge on any atom is -0.489 e. The van der Waals surface area contributed by atoms with Gasteiger partial charge in [0.2, 0.25) is 16.0 Å². The molecule has 2 N–H and O–H groups in total. The maximum atomic E-state index is 11.9. The van der Waals surface area contributed by atoms with Gasteiger partial charge in [-0.2, -0.15) is 4.98 Å². The van der Waals surface area contributed by atoms with E-state index in [-0.39, 0.29) is 6.54 Å². The smallest absolute Gasteiger partial charge is 0.237 e. The van der Waals surface area contributed by atoms with E-state index < -0.39 is 10.0 Å². The van der Waals surface area contributed by atoms with Crippen LogP contribution in [0.4, 0.5) is 5.82 Å². The van der Waals surface area contributed by atoms with Gasteiger partial charge >= 0.3 is 0 Å². The highest BCUT2D eigenvalue weighted by Gasteiger charge is 2.18. The van der Waals surface area contributed by atoms with Crippen molar-refractivity contribution in [1.82, 2.24) is 19.3 Å². The van der Waals surface area contributed by atoms with Gasteiger partial charge in [0.1, 0.15) is 23.7 Å². The number of hydrogen-bond acceptors (Lipinski definition) is 7. The summed E-state index contributed by atoms with van der Waals surface area (Å²) in [6.45, 7) is 1.47. The number of methoxy groups -OCH3 is 1. The third kappa shape index (κ3) is 5.77. The molecular weight excluding hydrogens is 502 g/mol. The lowest BCUT2D eigenvalue weighted by molar-refractivity contribution is 0.147. The standard InChI is InChI=1S/C28H29N5O4S/c1-36-15-16-37-25-14-8-12-23-26(25)31-28(32-27(23)29-18-20-9-4-3-5-10-20)33-22(19-30-38(2,34)35)17-21-11-6-7-13-24(21)33/h3-14,17,30H,15-16,18-19H2,1-2H3,(H,29,31,32). The molecule has 2 aromatic heterocycles. The Bertz CT molecular complexity index is 1670. The molecule has 0 aliphatic heterocycles. The molecule has 10 heteroatoms. The molecule has 196 valence electrons. The number of sulfonamides is 1. The maximum absolute atomic E-state index is 11.9. The van der Waals surface area contributed by atoms with Crippen LogP contribution in [0.15, 0.2) is 78.9 Å². The first-order chi connectivity index (χ1) is 18.4. The molecule has 0 unspecified atom stereocenters. The number of ether oxygens (including phenoxy) is 2. The second-order valence-corrected chi connectivity index (χ2v) is 10.7. The third-order valence-electron chi connectivity index (χ3n) is 6.03. The molecule has 0 atom stereocenters. The second kappa shape index (κ2) is 11.2. The van der Waals surface area contributed by atoms with Gasteiger partial charge in [-0.05, 0) is 29.8 Å². The quantitative estimate of drug-likeness (QED) is 0.245. The summed E-state index contributed by atoms with van der Waals surface area (Å²) >= 11 is 0. The fourth-order valence-corrected chi connectivity index (χ4v) is 4.68. The summed E-state index contributed by atoms with van der Waals surface area (Å²) in [6, 6.07) is 25.6. The predicted molar refractivity (Wildman–Crippen MR) is 149 cm³/mol. The zero-order valence-electron chi connectivity index (χ0n) is 21.2. The normalized spacial score (nSPS) is 11.7. The summed E-state index contributed by atoms with van der Waals surface area (Å²) in [7, 11) is -1.78. The number of anilines is 1. The monoisotopic (exact) mass is 531 g/mol. The van der Waals surface area contributed by atoms with Crippen molar-refractivity contribution >= 4 is 37.6 Å². The molecule has 0 saturated carbocycles. The van der Waals surface area contributed by atoms with Gasteiger partial charge in [0.25, 0.3) is 0 Å². The van der Waals surface area contributed by atoms with Gasteiger partial charge in [-0.25, -0.2) is 18.1 Å². The Hall–Kier alpha value is -3.99. The van der Waals surface area contributed by atoms with Crippen molar-refractivity contribution in [1.29, 1.82) is 0 Å². The molecule has 5 rings (SSSR count). The summed E-state index contributed by atoms with van der Waals surface area (Å²) in [5, 5.41) is 5.23. The van der Waals surface area contributed by atoms with E-state index in [2.05, 4.69) is 10.0 Å². The summed E-state index contributed by atoms with van der Waals surface area (Å²) in [4.78, 5) is 9.87. The van der Waals surface area contributed by atoms with Crippen LogP contribution < -0.4 is 14.8 Å². The fourth-order valence-electron chi connectivity index (χ4n) is 4.27. The van der Waals surface area contributed by atoms with Gasteiger partial charge in [0.15, 0.2) is 0 Å². The van der Waals surface area contributed by atoms with E-state index in [4.69, 9.17) is 19.4 Å². The Labute approximate surface area is 221 Å². The average molecular weight is 532 g/mol. The zero-order valence-corrected chi connectivity index (χ0v) is 22.0. The van der Waals surface area contributed by atoms with Crippen molar-refractivity contribution in [3.05, 3.63) is 90.1 Å². The first-order valence-corrected chi connectivity index (χ1v) is 14.1. The highest BCUT2D eigenvalue weighted by atomic mass is 32.2. The van der Waals surface area contributed by atoms with Gasteiger partial charge < -0.3 is 14.8 Å². The van der Waals surface area contributed by atoms with Crippen LogP contribution in [0.2, 0.25) is 0 Å². The minimum absolute atomic E-state index is 0.0909. The average Bonchev–Trinajstić information content (AvgIpc) is 3.29. The number of para-hydroxylation sites is 2. The van der Waals surface area contributed by atoms with E-state index in [1.165, 1.54) is 0 Å². The van der Waals surface area contributed by atoms with Gasteiger partial charge in [0.05, 0.1) is 24.9 Å². The highest BCUT2D eigenvalue weighted by Crippen LogP contribution is 2.31. The Balaban J connectivity index is 1.67. The molecule has 0 amide bonds. The molecule has 0 bridgehead atoms. The topological polar surface area (TPSA) is 107 Å². The molecule has 0 radical (unpaired) electrons. The van der Waals surface area contributed by atoms with E-state index in [1.54, 1.807) is 7.11 Å². The Kier molecular flexibility index (Phi) is 7.54. The second-order valence-electron chi connectivity index (χ2n) is 8.83. The van der Waals surface area contributed by atoms with Crippen LogP contribution in [0.1, 0.15) is 11.3 Å². The molecule has 0 aliphatic carbocycles. The first-order valence-electron chi connectivity index (χ1n) is 12.2. The van der Waals surface area contributed by atoms with Gasteiger partial charge in [0, 0.05) is 30.1 Å². The van der Waals surface area contributed by atoms with E-state index >= 15 is 0 Å². The van der Waals surface area contributed by atoms with E-state index in [0.717, 1.165) is 28.1 Å². The molecule has 2 heterocycles. The molecule has 38 heavy (non-hydrogen) atoms. The molecule has 5 aromatic rings. The first kappa shape index (κ1) is 25.7. The zero-order chi connectivity index (χ0) is 26.5. The van der Waals surface area contributed by atoms with Crippen LogP contribution >= 0.6 is 0 Å². The molecule has 0 spiro atoms. The number of fused-ring (bicyclic) bond motifs is 2. The van der Waals surface area contributed by atoms with Crippen molar-refractivity contribution in [3.63, 3.8) is 0 Å². The molecule has 0 aliphatic rings. The predicted octanol–water partition coefficient (Wildman–Crippen LogP) is 4.26. The third-order valence-corrected chi connectivity index (χ3v) is 6.70. The number of hydrogen-bond donors (Lipinski definition) is 2. The summed E-state index contributed by atoms with van der Waals surface area (Å²) in [6.07, 6.45) is 1.14. The SMILES string of the molecule is COCCOc1cccc2c(NCc3ccccc3)nc(-n3c(CNS(C)(=O)=O)cc4ccccc43)nc12. The lowest BCUT2D eigenvalue weighted by Crippen LogP contribution is -2.23. The van der Waals surface area contributed by atoms with Crippen molar-refractivity contribution in [2.75, 3.05) is 31.9 Å².